The van der Waals surface area contributed by atoms with Crippen LogP contribution >= 0.6 is 24.0 Å². The summed E-state index contributed by atoms with van der Waals surface area (Å²) in [7, 11) is -3.86. The van der Waals surface area contributed by atoms with Crippen molar-refractivity contribution in [2.75, 3.05) is 6.54 Å². The number of nitrogens with zero attached hydrogens (tertiary/aromatic N) is 1. The molecule has 0 aromatic heterocycles. The summed E-state index contributed by atoms with van der Waals surface area (Å²) in [5.41, 5.74) is 3.02. The fourth-order valence-electron chi connectivity index (χ4n) is 2.45. The average molecular weight is 448 g/mol. The molecule has 2 aromatic rings. The standard InChI is InChI=1S/C19H17N3O4S3/c23-17(20-21-29(25,26)15-9-5-2-6-10-15)11-12-22-18(24)16(28-19(22)27)13-14-7-3-1-4-8-14/h1-10,13,21H,11-12H2,(H,20,23)/b16-13+. The highest BCUT2D eigenvalue weighted by Crippen LogP contribution is 2.32. The highest BCUT2D eigenvalue weighted by molar-refractivity contribution is 8.26. The lowest BCUT2D eigenvalue weighted by Gasteiger charge is -2.14. The van der Waals surface area contributed by atoms with Crippen LogP contribution in [0.4, 0.5) is 0 Å². The van der Waals surface area contributed by atoms with E-state index in [0.717, 1.165) is 5.56 Å². The number of hydrazine groups is 1. The maximum atomic E-state index is 12.5. The second-order valence-corrected chi connectivity index (χ2v) is 9.32. The summed E-state index contributed by atoms with van der Waals surface area (Å²) in [4.78, 5) is 28.4. The number of carbonyl (C=O) groups is 2. The predicted molar refractivity (Wildman–Crippen MR) is 116 cm³/mol. The molecule has 1 aliphatic rings. The van der Waals surface area contributed by atoms with Crippen LogP contribution in [0.3, 0.4) is 0 Å². The fraction of sp³-hybridized carbons (Fsp3) is 0.105. The van der Waals surface area contributed by atoms with E-state index >= 15 is 0 Å². The lowest BCUT2D eigenvalue weighted by molar-refractivity contribution is -0.124. The Morgan fingerprint density at radius 1 is 1.07 bits per heavy atom. The van der Waals surface area contributed by atoms with Crippen molar-refractivity contribution in [3.05, 3.63) is 71.1 Å². The van der Waals surface area contributed by atoms with Gasteiger partial charge in [0.2, 0.25) is 5.91 Å². The van der Waals surface area contributed by atoms with Gasteiger partial charge in [0.15, 0.2) is 0 Å². The van der Waals surface area contributed by atoms with Crippen LogP contribution < -0.4 is 10.3 Å². The van der Waals surface area contributed by atoms with Crippen molar-refractivity contribution in [1.29, 1.82) is 0 Å². The van der Waals surface area contributed by atoms with Crippen LogP contribution in [0.15, 0.2) is 70.5 Å². The van der Waals surface area contributed by atoms with E-state index in [-0.39, 0.29) is 23.8 Å². The number of carbonyl (C=O) groups excluding carboxylic acids is 2. The van der Waals surface area contributed by atoms with E-state index in [2.05, 4.69) is 5.43 Å². The van der Waals surface area contributed by atoms with Gasteiger partial charge in [-0.3, -0.25) is 19.9 Å². The molecule has 2 amide bonds. The van der Waals surface area contributed by atoms with Gasteiger partial charge in [0.1, 0.15) is 4.32 Å². The molecule has 0 spiro atoms. The minimum atomic E-state index is -3.86. The Balaban J connectivity index is 1.54. The first-order chi connectivity index (χ1) is 13.9. The average Bonchev–Trinajstić information content (AvgIpc) is 2.99. The molecule has 0 unspecified atom stereocenters. The smallest absolute Gasteiger partial charge is 0.266 e. The van der Waals surface area contributed by atoms with Crippen LogP contribution in [-0.2, 0) is 19.6 Å². The zero-order valence-corrected chi connectivity index (χ0v) is 17.5. The number of hydrogen-bond donors (Lipinski definition) is 2. The molecule has 0 bridgehead atoms. The van der Waals surface area contributed by atoms with E-state index in [1.807, 2.05) is 35.2 Å². The molecular formula is C19H17N3O4S3. The fourth-order valence-corrected chi connectivity index (χ4v) is 4.64. The lowest BCUT2D eigenvalue weighted by Crippen LogP contribution is -2.43. The van der Waals surface area contributed by atoms with E-state index in [0.29, 0.717) is 9.23 Å². The van der Waals surface area contributed by atoms with Crippen molar-refractivity contribution in [1.82, 2.24) is 15.2 Å². The van der Waals surface area contributed by atoms with Gasteiger partial charge in [-0.25, -0.2) is 8.42 Å². The van der Waals surface area contributed by atoms with Gasteiger partial charge in [-0.05, 0) is 23.8 Å². The molecule has 1 fully saturated rings. The summed E-state index contributed by atoms with van der Waals surface area (Å²) in [6.07, 6.45) is 1.63. The number of hydrogen-bond acceptors (Lipinski definition) is 6. The third-order valence-electron chi connectivity index (χ3n) is 3.91. The molecule has 7 nitrogen and oxygen atoms in total. The Morgan fingerprint density at radius 3 is 2.34 bits per heavy atom. The number of nitrogens with one attached hydrogen (secondary N) is 2. The maximum absolute atomic E-state index is 12.5. The summed E-state index contributed by atoms with van der Waals surface area (Å²) in [6, 6.07) is 17.0. The number of thioether (sulfide) groups is 1. The van der Waals surface area contributed by atoms with Crippen molar-refractivity contribution in [2.24, 2.45) is 0 Å². The first kappa shape index (κ1) is 21.2. The van der Waals surface area contributed by atoms with Crippen LogP contribution in [0.25, 0.3) is 6.08 Å². The van der Waals surface area contributed by atoms with Gasteiger partial charge < -0.3 is 0 Å². The van der Waals surface area contributed by atoms with E-state index in [4.69, 9.17) is 12.2 Å². The third-order valence-corrected chi connectivity index (χ3v) is 6.55. The quantitative estimate of drug-likeness (QED) is 0.384. The summed E-state index contributed by atoms with van der Waals surface area (Å²) in [5.74, 6) is -0.855. The van der Waals surface area contributed by atoms with Gasteiger partial charge in [-0.1, -0.05) is 72.5 Å². The Hall–Kier alpha value is -2.53. The summed E-state index contributed by atoms with van der Waals surface area (Å²) >= 11 is 6.40. The molecule has 1 saturated heterocycles. The molecule has 150 valence electrons. The number of amides is 2. The number of benzene rings is 2. The Morgan fingerprint density at radius 2 is 1.69 bits per heavy atom. The first-order valence-corrected chi connectivity index (χ1v) is 11.2. The van der Waals surface area contributed by atoms with Crippen molar-refractivity contribution in [3.63, 3.8) is 0 Å². The van der Waals surface area contributed by atoms with Crippen LogP contribution in [-0.4, -0.2) is 36.0 Å². The summed E-state index contributed by atoms with van der Waals surface area (Å²) in [5, 5.41) is 0. The molecule has 1 heterocycles. The molecule has 0 atom stereocenters. The second-order valence-electron chi connectivity index (χ2n) is 5.96. The van der Waals surface area contributed by atoms with E-state index in [1.165, 1.54) is 28.8 Å². The molecule has 10 heteroatoms. The molecule has 0 aliphatic carbocycles. The third kappa shape index (κ3) is 5.51. The van der Waals surface area contributed by atoms with Gasteiger partial charge >= 0.3 is 0 Å². The first-order valence-electron chi connectivity index (χ1n) is 8.53. The molecule has 29 heavy (non-hydrogen) atoms. The normalized spacial score (nSPS) is 15.7. The predicted octanol–water partition coefficient (Wildman–Crippen LogP) is 2.29. The monoisotopic (exact) mass is 447 g/mol. The van der Waals surface area contributed by atoms with Gasteiger partial charge in [0, 0.05) is 13.0 Å². The van der Waals surface area contributed by atoms with E-state index < -0.39 is 15.9 Å². The molecule has 2 aromatic carbocycles. The molecule has 0 saturated carbocycles. The van der Waals surface area contributed by atoms with Crippen molar-refractivity contribution in [2.45, 2.75) is 11.3 Å². The topological polar surface area (TPSA) is 95.6 Å². The Bertz CT molecular complexity index is 1050. The number of rotatable bonds is 7. The summed E-state index contributed by atoms with van der Waals surface area (Å²) < 4.78 is 24.5. The van der Waals surface area contributed by atoms with Crippen LogP contribution in [0.5, 0.6) is 0 Å². The Labute approximate surface area is 178 Å². The zero-order chi connectivity index (χ0) is 20.9. The molecule has 3 rings (SSSR count). The van der Waals surface area contributed by atoms with Crippen LogP contribution in [0.1, 0.15) is 12.0 Å². The van der Waals surface area contributed by atoms with E-state index in [9.17, 15) is 18.0 Å². The zero-order valence-electron chi connectivity index (χ0n) is 15.1. The molecule has 1 aliphatic heterocycles. The summed E-state index contributed by atoms with van der Waals surface area (Å²) in [6.45, 7) is 0.0513. The molecular weight excluding hydrogens is 430 g/mol. The highest BCUT2D eigenvalue weighted by atomic mass is 32.2. The molecule has 2 N–H and O–H groups in total. The van der Waals surface area contributed by atoms with Gasteiger partial charge in [-0.2, -0.15) is 0 Å². The van der Waals surface area contributed by atoms with Gasteiger partial charge in [-0.15, -0.1) is 4.83 Å². The minimum Gasteiger partial charge on any atom is -0.292 e. The minimum absolute atomic E-state index is 0.0308. The van der Waals surface area contributed by atoms with Crippen molar-refractivity contribution >= 4 is 56.2 Å². The highest BCUT2D eigenvalue weighted by Gasteiger charge is 2.32. The maximum Gasteiger partial charge on any atom is 0.266 e. The van der Waals surface area contributed by atoms with Crippen molar-refractivity contribution in [3.8, 4) is 0 Å². The Kier molecular flexibility index (Phi) is 6.80. The van der Waals surface area contributed by atoms with Crippen LogP contribution in [0, 0.1) is 0 Å². The van der Waals surface area contributed by atoms with E-state index in [1.54, 1.807) is 24.3 Å². The number of sulfonamides is 1. The largest absolute Gasteiger partial charge is 0.292 e. The number of thiocarbonyl (C=S) groups is 1. The van der Waals surface area contributed by atoms with Gasteiger partial charge in [0.05, 0.1) is 9.80 Å². The molecule has 0 radical (unpaired) electrons. The second kappa shape index (κ2) is 9.31. The lowest BCUT2D eigenvalue weighted by atomic mass is 10.2. The van der Waals surface area contributed by atoms with Gasteiger partial charge in [0.25, 0.3) is 15.9 Å². The van der Waals surface area contributed by atoms with Crippen LogP contribution in [0.2, 0.25) is 0 Å². The van der Waals surface area contributed by atoms with Crippen molar-refractivity contribution < 1.29 is 18.0 Å². The SMILES string of the molecule is O=C(CCN1C(=O)/C(=C\c2ccccc2)SC1=S)NNS(=O)(=O)c1ccccc1.